The third-order valence-electron chi connectivity index (χ3n) is 6.01. The van der Waals surface area contributed by atoms with Gasteiger partial charge >= 0.3 is 0 Å². The zero-order chi connectivity index (χ0) is 23.3. The Hall–Kier alpha value is -3.47. The Kier molecular flexibility index (Phi) is 5.28. The van der Waals surface area contributed by atoms with Crippen molar-refractivity contribution in [1.29, 1.82) is 0 Å². The normalized spacial score (nSPS) is 18.6. The first-order valence-electron chi connectivity index (χ1n) is 10.6. The summed E-state index contributed by atoms with van der Waals surface area (Å²) < 4.78 is 19.6. The van der Waals surface area contributed by atoms with E-state index >= 15 is 0 Å². The summed E-state index contributed by atoms with van der Waals surface area (Å²) in [5, 5.41) is 0.631. The fourth-order valence-corrected chi connectivity index (χ4v) is 5.03. The zero-order valence-corrected chi connectivity index (χ0v) is 18.9. The van der Waals surface area contributed by atoms with Gasteiger partial charge in [-0.25, -0.2) is 14.4 Å². The molecular weight excluding hydrogens is 447 g/mol. The highest BCUT2D eigenvalue weighted by Crippen LogP contribution is 2.39. The minimum Gasteiger partial charge on any atom is -0.328 e. The number of imidazole rings is 1. The Morgan fingerprint density at radius 2 is 1.88 bits per heavy atom. The van der Waals surface area contributed by atoms with Crippen LogP contribution in [0, 0.1) is 12.7 Å². The van der Waals surface area contributed by atoms with Gasteiger partial charge in [-0.2, -0.15) is 4.37 Å². The third-order valence-corrected chi connectivity index (χ3v) is 6.81. The number of Topliss-reactive ketones (excluding diaryl/α,β-unsaturated/α-hetero) is 1. The first kappa shape index (κ1) is 21.4. The topological polar surface area (TPSA) is 101 Å². The van der Waals surface area contributed by atoms with Gasteiger partial charge in [-0.1, -0.05) is 0 Å². The molecule has 0 radical (unpaired) electrons. The molecule has 2 aromatic heterocycles. The number of halogens is 1. The van der Waals surface area contributed by atoms with E-state index in [0.717, 1.165) is 0 Å². The van der Waals surface area contributed by atoms with Gasteiger partial charge in [0, 0.05) is 31.6 Å². The lowest BCUT2D eigenvalue weighted by Crippen LogP contribution is -2.43. The summed E-state index contributed by atoms with van der Waals surface area (Å²) >= 11 is 1.23. The molecule has 1 aromatic carbocycles. The van der Waals surface area contributed by atoms with Crippen molar-refractivity contribution < 1.29 is 18.8 Å². The van der Waals surface area contributed by atoms with Crippen LogP contribution in [0.1, 0.15) is 47.7 Å². The number of hydrogen-bond acceptors (Lipinski definition) is 7. The van der Waals surface area contributed by atoms with Crippen LogP contribution < -0.4 is 4.90 Å². The van der Waals surface area contributed by atoms with E-state index in [1.807, 2.05) is 11.5 Å². The van der Waals surface area contributed by atoms with Gasteiger partial charge in [-0.15, -0.1) is 0 Å². The second kappa shape index (κ2) is 8.14. The first-order valence-corrected chi connectivity index (χ1v) is 11.4. The van der Waals surface area contributed by atoms with Gasteiger partial charge in [0.2, 0.25) is 5.91 Å². The van der Waals surface area contributed by atoms with E-state index in [4.69, 9.17) is 4.98 Å². The smallest absolute Gasteiger partial charge is 0.254 e. The van der Waals surface area contributed by atoms with Gasteiger partial charge in [0.1, 0.15) is 17.4 Å². The quantitative estimate of drug-likeness (QED) is 0.548. The number of nitrogens with zero attached hydrogens (tertiary/aromatic N) is 6. The molecule has 2 aliphatic heterocycles. The van der Waals surface area contributed by atoms with E-state index in [1.54, 1.807) is 11.8 Å². The highest BCUT2D eigenvalue weighted by Gasteiger charge is 2.38. The van der Waals surface area contributed by atoms with E-state index in [0.29, 0.717) is 46.8 Å². The summed E-state index contributed by atoms with van der Waals surface area (Å²) in [6.45, 7) is 4.79. The maximum atomic E-state index is 13.3. The molecule has 1 fully saturated rings. The zero-order valence-electron chi connectivity index (χ0n) is 18.1. The van der Waals surface area contributed by atoms with Gasteiger partial charge < -0.3 is 9.47 Å². The van der Waals surface area contributed by atoms with Crippen LogP contribution >= 0.6 is 11.5 Å². The molecular formula is C22H21FN6O3S. The number of carbonyl (C=O) groups is 3. The van der Waals surface area contributed by atoms with Crippen molar-refractivity contribution in [2.45, 2.75) is 39.3 Å². The van der Waals surface area contributed by atoms with Crippen LogP contribution in [-0.4, -0.2) is 54.5 Å². The lowest BCUT2D eigenvalue weighted by Gasteiger charge is -2.36. The van der Waals surface area contributed by atoms with Crippen molar-refractivity contribution in [3.05, 3.63) is 47.2 Å². The third kappa shape index (κ3) is 3.71. The molecule has 0 saturated carbocycles. The average molecular weight is 469 g/mol. The van der Waals surface area contributed by atoms with E-state index in [9.17, 15) is 18.8 Å². The largest absolute Gasteiger partial charge is 0.328 e. The molecule has 33 heavy (non-hydrogen) atoms. The minimum absolute atomic E-state index is 0.0922. The molecule has 0 aliphatic carbocycles. The van der Waals surface area contributed by atoms with Gasteiger partial charge in [0.05, 0.1) is 18.2 Å². The Morgan fingerprint density at radius 1 is 1.12 bits per heavy atom. The molecule has 0 unspecified atom stereocenters. The summed E-state index contributed by atoms with van der Waals surface area (Å²) in [5.41, 5.74) is 1.10. The summed E-state index contributed by atoms with van der Waals surface area (Å²) in [5.74, 6) is 0.635. The summed E-state index contributed by atoms with van der Waals surface area (Å²) in [6, 6.07) is 5.04. The Balaban J connectivity index is 1.58. The number of rotatable bonds is 3. The molecule has 2 amide bonds. The summed E-state index contributed by atoms with van der Waals surface area (Å²) in [4.78, 5) is 50.2. The highest BCUT2D eigenvalue weighted by atomic mass is 32.1. The number of aromatic nitrogens is 4. The van der Waals surface area contributed by atoms with Gasteiger partial charge in [-0.3, -0.25) is 19.3 Å². The molecule has 0 N–H and O–H groups in total. The van der Waals surface area contributed by atoms with Crippen LogP contribution in [0.25, 0.3) is 10.8 Å². The molecule has 4 heterocycles. The number of piperidine rings is 1. The first-order chi connectivity index (χ1) is 15.8. The van der Waals surface area contributed by atoms with E-state index in [-0.39, 0.29) is 37.0 Å². The molecule has 2 aliphatic rings. The van der Waals surface area contributed by atoms with Crippen molar-refractivity contribution in [1.82, 2.24) is 23.8 Å². The second-order valence-corrected chi connectivity index (χ2v) is 8.89. The van der Waals surface area contributed by atoms with Crippen LogP contribution in [0.15, 0.2) is 24.3 Å². The number of fused-ring (bicyclic) bond motifs is 1. The average Bonchev–Trinajstić information content (AvgIpc) is 3.38. The standard InChI is InChI=1S/C22H21FN6O3S/c1-12-18-19(28-8-7-16(30)11-17(28)31)25-20(21-24-13(2)26-33-21)29(18)10-9-27(12)22(32)14-3-5-15(23)6-4-14/h3-6,12H,7-11H2,1-2H3/t12-/m1/s1. The Labute approximate surface area is 193 Å². The van der Waals surface area contributed by atoms with E-state index in [2.05, 4.69) is 9.36 Å². The van der Waals surface area contributed by atoms with E-state index in [1.165, 1.54) is 40.7 Å². The minimum atomic E-state index is -0.410. The van der Waals surface area contributed by atoms with Crippen molar-refractivity contribution in [3.8, 4) is 10.8 Å². The van der Waals surface area contributed by atoms with Crippen LogP contribution in [0.4, 0.5) is 10.2 Å². The number of hydrogen-bond donors (Lipinski definition) is 0. The summed E-state index contributed by atoms with van der Waals surface area (Å²) in [6.07, 6.45) is 0.101. The second-order valence-electron chi connectivity index (χ2n) is 8.13. The number of benzene rings is 1. The van der Waals surface area contributed by atoms with Crippen molar-refractivity contribution in [2.24, 2.45) is 0 Å². The number of ketones is 1. The maximum absolute atomic E-state index is 13.3. The van der Waals surface area contributed by atoms with E-state index < -0.39 is 11.9 Å². The molecule has 170 valence electrons. The number of amides is 2. The van der Waals surface area contributed by atoms with Crippen molar-refractivity contribution in [2.75, 3.05) is 18.0 Å². The number of anilines is 1. The van der Waals surface area contributed by atoms with Crippen molar-refractivity contribution >= 4 is 34.9 Å². The molecule has 0 spiro atoms. The SMILES string of the molecule is Cc1nsc(-c2nc(N3CCC(=O)CC3=O)c3n2CCN(C(=O)c2ccc(F)cc2)[C@@H]3C)n1. The molecule has 9 nitrogen and oxygen atoms in total. The van der Waals surface area contributed by atoms with Gasteiger partial charge in [0.15, 0.2) is 16.6 Å². The molecule has 5 rings (SSSR count). The van der Waals surface area contributed by atoms with Crippen LogP contribution in [-0.2, 0) is 16.1 Å². The Bertz CT molecular complexity index is 1270. The fraction of sp³-hybridized carbons (Fsp3) is 0.364. The number of carbonyl (C=O) groups excluding carboxylic acids is 3. The lowest BCUT2D eigenvalue weighted by atomic mass is 10.1. The lowest BCUT2D eigenvalue weighted by molar-refractivity contribution is -0.128. The molecule has 3 aromatic rings. The number of aryl methyl sites for hydroxylation is 1. The molecule has 11 heteroatoms. The molecule has 1 atom stereocenters. The van der Waals surface area contributed by atoms with Gasteiger partial charge in [-0.05, 0) is 49.6 Å². The Morgan fingerprint density at radius 3 is 2.55 bits per heavy atom. The maximum Gasteiger partial charge on any atom is 0.254 e. The van der Waals surface area contributed by atoms with Crippen LogP contribution in [0.3, 0.4) is 0 Å². The predicted molar refractivity (Wildman–Crippen MR) is 118 cm³/mol. The molecule has 1 saturated heterocycles. The monoisotopic (exact) mass is 468 g/mol. The van der Waals surface area contributed by atoms with Crippen LogP contribution in [0.5, 0.6) is 0 Å². The van der Waals surface area contributed by atoms with Gasteiger partial charge in [0.25, 0.3) is 5.91 Å². The van der Waals surface area contributed by atoms with Crippen LogP contribution in [0.2, 0.25) is 0 Å². The summed E-state index contributed by atoms with van der Waals surface area (Å²) in [7, 11) is 0. The highest BCUT2D eigenvalue weighted by molar-refractivity contribution is 7.09. The van der Waals surface area contributed by atoms with Crippen molar-refractivity contribution in [3.63, 3.8) is 0 Å². The predicted octanol–water partition coefficient (Wildman–Crippen LogP) is 2.76. The fourth-order valence-electron chi connectivity index (χ4n) is 4.36. The molecule has 0 bridgehead atoms.